The molecule has 0 unspecified atom stereocenters. The van der Waals surface area contributed by atoms with Crippen LogP contribution in [0.5, 0.6) is 0 Å². The Morgan fingerprint density at radius 1 is 1.44 bits per heavy atom. The number of aliphatic hydroxyl groups excluding tert-OH is 1. The highest BCUT2D eigenvalue weighted by atomic mass is 16.3. The lowest BCUT2D eigenvalue weighted by Gasteiger charge is -2.05. The van der Waals surface area contributed by atoms with Gasteiger partial charge < -0.3 is 5.11 Å². The highest BCUT2D eigenvalue weighted by Gasteiger charge is 2.08. The zero-order valence-corrected chi connectivity index (χ0v) is 9.66. The third kappa shape index (κ3) is 2.47. The molecule has 1 N–H and O–H groups in total. The van der Waals surface area contributed by atoms with Gasteiger partial charge in [0.2, 0.25) is 0 Å². The van der Waals surface area contributed by atoms with E-state index in [2.05, 4.69) is 6.58 Å². The molecular formula is C14H16O2. The van der Waals surface area contributed by atoms with Crippen LogP contribution in [-0.4, -0.2) is 17.5 Å². The molecule has 0 aliphatic carbocycles. The van der Waals surface area contributed by atoms with Crippen molar-refractivity contribution in [2.45, 2.75) is 13.8 Å². The summed E-state index contributed by atoms with van der Waals surface area (Å²) in [5.74, 6) is -0.0756. The van der Waals surface area contributed by atoms with Crippen molar-refractivity contribution in [3.05, 3.63) is 46.9 Å². The maximum Gasteiger partial charge on any atom is 0.160 e. The molecule has 0 bridgehead atoms. The van der Waals surface area contributed by atoms with Crippen LogP contribution in [0.15, 0.2) is 36.4 Å². The van der Waals surface area contributed by atoms with Crippen LogP contribution in [0.1, 0.15) is 13.8 Å². The third-order valence-corrected chi connectivity index (χ3v) is 2.44. The minimum atomic E-state index is -0.201. The second-order valence-corrected chi connectivity index (χ2v) is 3.57. The van der Waals surface area contributed by atoms with E-state index in [0.717, 1.165) is 10.4 Å². The van der Waals surface area contributed by atoms with E-state index in [1.165, 1.54) is 6.92 Å². The smallest absolute Gasteiger partial charge is 0.160 e. The van der Waals surface area contributed by atoms with Crippen LogP contribution in [0, 0.1) is 0 Å². The number of carbonyl (C=O) groups is 1. The van der Waals surface area contributed by atoms with Crippen molar-refractivity contribution in [1.82, 2.24) is 0 Å². The molecule has 0 saturated carbocycles. The van der Waals surface area contributed by atoms with Crippen LogP contribution in [0.3, 0.4) is 0 Å². The summed E-state index contributed by atoms with van der Waals surface area (Å²) in [5, 5.41) is 10.9. The molecule has 0 saturated heterocycles. The summed E-state index contributed by atoms with van der Waals surface area (Å²) in [5.41, 5.74) is 0.970. The van der Waals surface area contributed by atoms with Crippen LogP contribution < -0.4 is 10.4 Å². The quantitative estimate of drug-likeness (QED) is 0.810. The lowest BCUT2D eigenvalue weighted by molar-refractivity contribution is -0.111. The second-order valence-electron chi connectivity index (χ2n) is 3.57. The monoisotopic (exact) mass is 216 g/mol. The standard InChI is InChI=1S/C14H16O2/c1-4-12-7-5-6-8-13(12)14(11(3)16)10(2)9-15/h4-8,15H,2,9H2,1,3H3/b12-4-,14-13+. The largest absolute Gasteiger partial charge is 0.392 e. The second kappa shape index (κ2) is 5.42. The summed E-state index contributed by atoms with van der Waals surface area (Å²) in [4.78, 5) is 11.6. The summed E-state index contributed by atoms with van der Waals surface area (Å²) in [7, 11) is 0. The molecule has 1 aromatic rings. The molecule has 0 aromatic heterocycles. The van der Waals surface area contributed by atoms with Gasteiger partial charge in [0.1, 0.15) is 0 Å². The molecule has 1 rings (SSSR count). The maximum atomic E-state index is 11.6. The number of rotatable bonds is 3. The topological polar surface area (TPSA) is 37.3 Å². The van der Waals surface area contributed by atoms with Gasteiger partial charge in [-0.2, -0.15) is 0 Å². The van der Waals surface area contributed by atoms with Gasteiger partial charge >= 0.3 is 0 Å². The molecule has 0 amide bonds. The fourth-order valence-electron chi connectivity index (χ4n) is 1.68. The van der Waals surface area contributed by atoms with E-state index in [1.54, 1.807) is 0 Å². The summed E-state index contributed by atoms with van der Waals surface area (Å²) < 4.78 is 0. The molecule has 0 aliphatic rings. The molecule has 0 heterocycles. The molecule has 2 heteroatoms. The molecule has 0 atom stereocenters. The Hall–Kier alpha value is -1.67. The zero-order valence-electron chi connectivity index (χ0n) is 9.66. The average Bonchev–Trinajstić information content (AvgIpc) is 2.29. The van der Waals surface area contributed by atoms with E-state index < -0.39 is 0 Å². The van der Waals surface area contributed by atoms with Gasteiger partial charge in [-0.3, -0.25) is 4.79 Å². The molecule has 0 fully saturated rings. The molecule has 1 aromatic carbocycles. The minimum Gasteiger partial charge on any atom is -0.392 e. The van der Waals surface area contributed by atoms with E-state index in [-0.39, 0.29) is 12.4 Å². The van der Waals surface area contributed by atoms with Gasteiger partial charge in [-0.25, -0.2) is 0 Å². The van der Waals surface area contributed by atoms with Crippen molar-refractivity contribution in [2.75, 3.05) is 6.61 Å². The summed E-state index contributed by atoms with van der Waals surface area (Å²) >= 11 is 0. The predicted octanol–water partition coefficient (Wildman–Crippen LogP) is 0.775. The highest BCUT2D eigenvalue weighted by Crippen LogP contribution is 2.06. The van der Waals surface area contributed by atoms with Crippen LogP contribution in [0.25, 0.3) is 11.6 Å². The van der Waals surface area contributed by atoms with Crippen molar-refractivity contribution in [3.8, 4) is 0 Å². The van der Waals surface area contributed by atoms with Crippen molar-refractivity contribution in [3.63, 3.8) is 0 Å². The lowest BCUT2D eigenvalue weighted by Crippen LogP contribution is -2.29. The lowest BCUT2D eigenvalue weighted by atomic mass is 10.0. The van der Waals surface area contributed by atoms with Crippen molar-refractivity contribution >= 4 is 17.4 Å². The van der Waals surface area contributed by atoms with Gasteiger partial charge in [0, 0.05) is 5.57 Å². The zero-order chi connectivity index (χ0) is 12.1. The maximum absolute atomic E-state index is 11.6. The van der Waals surface area contributed by atoms with Gasteiger partial charge in [0.25, 0.3) is 0 Å². The van der Waals surface area contributed by atoms with E-state index in [1.807, 2.05) is 37.3 Å². The number of benzene rings is 1. The number of hydrogen-bond donors (Lipinski definition) is 1. The Morgan fingerprint density at radius 3 is 2.56 bits per heavy atom. The van der Waals surface area contributed by atoms with E-state index >= 15 is 0 Å². The number of ketones is 1. The molecule has 0 aliphatic heterocycles. The SMILES string of the molecule is C=C(CO)/C(C(C)=O)=c1/cccc/c1=C/C. The summed E-state index contributed by atoms with van der Waals surface area (Å²) in [6.45, 7) is 6.93. The Morgan fingerprint density at radius 2 is 2.06 bits per heavy atom. The van der Waals surface area contributed by atoms with Crippen LogP contribution in [0.4, 0.5) is 0 Å². The fraction of sp³-hybridized carbons (Fsp3) is 0.214. The Kier molecular flexibility index (Phi) is 4.20. The first-order valence-corrected chi connectivity index (χ1v) is 5.17. The highest BCUT2D eigenvalue weighted by molar-refractivity contribution is 6.18. The molecule has 16 heavy (non-hydrogen) atoms. The Balaban J connectivity index is 3.72. The number of hydrogen-bond acceptors (Lipinski definition) is 2. The number of carbonyl (C=O) groups excluding carboxylic acids is 1. The van der Waals surface area contributed by atoms with Crippen molar-refractivity contribution in [2.24, 2.45) is 0 Å². The van der Waals surface area contributed by atoms with E-state index in [9.17, 15) is 4.79 Å². The van der Waals surface area contributed by atoms with Gasteiger partial charge in [-0.05, 0) is 29.9 Å². The predicted molar refractivity (Wildman–Crippen MR) is 66.1 cm³/mol. The van der Waals surface area contributed by atoms with Crippen molar-refractivity contribution < 1.29 is 9.90 Å². The minimum absolute atomic E-state index is 0.0756. The summed E-state index contributed by atoms with van der Waals surface area (Å²) in [6, 6.07) is 7.59. The Bertz CT molecular complexity index is 524. The van der Waals surface area contributed by atoms with Gasteiger partial charge in [0.05, 0.1) is 6.61 Å². The number of aliphatic hydroxyl groups is 1. The molecule has 2 nitrogen and oxygen atoms in total. The number of Topliss-reactive ketones (excluding diaryl/α,β-unsaturated/α-hetero) is 1. The van der Waals surface area contributed by atoms with Crippen LogP contribution >= 0.6 is 0 Å². The average molecular weight is 216 g/mol. The first kappa shape index (κ1) is 12.4. The normalized spacial score (nSPS) is 13.6. The van der Waals surface area contributed by atoms with E-state index in [0.29, 0.717) is 11.1 Å². The van der Waals surface area contributed by atoms with Crippen LogP contribution in [0.2, 0.25) is 0 Å². The molecule has 0 spiro atoms. The van der Waals surface area contributed by atoms with E-state index in [4.69, 9.17) is 5.11 Å². The summed E-state index contributed by atoms with van der Waals surface area (Å²) in [6.07, 6.45) is 1.93. The van der Waals surface area contributed by atoms with Gasteiger partial charge in [-0.15, -0.1) is 0 Å². The first-order valence-electron chi connectivity index (χ1n) is 5.17. The Labute approximate surface area is 95.2 Å². The first-order chi connectivity index (χ1) is 7.61. The molecule has 0 radical (unpaired) electrons. The fourth-order valence-corrected chi connectivity index (χ4v) is 1.68. The third-order valence-electron chi connectivity index (χ3n) is 2.44. The van der Waals surface area contributed by atoms with Crippen LogP contribution in [-0.2, 0) is 4.79 Å². The molecular weight excluding hydrogens is 200 g/mol. The van der Waals surface area contributed by atoms with Gasteiger partial charge in [-0.1, -0.05) is 36.9 Å². The molecule has 84 valence electrons. The van der Waals surface area contributed by atoms with Crippen molar-refractivity contribution in [1.29, 1.82) is 0 Å². The van der Waals surface area contributed by atoms with Gasteiger partial charge in [0.15, 0.2) is 5.78 Å².